The molecule has 6 heterocycles. The zero-order chi connectivity index (χ0) is 52.8. The van der Waals surface area contributed by atoms with Crippen LogP contribution in [0.25, 0.3) is 22.6 Å². The molecule has 0 aliphatic carbocycles. The molecule has 2 aromatic heterocycles. The number of esters is 1. The maximum atomic E-state index is 14.4. The molecule has 4 N–H and O–H groups in total. The van der Waals surface area contributed by atoms with Gasteiger partial charge in [0.2, 0.25) is 5.60 Å². The van der Waals surface area contributed by atoms with E-state index in [-0.39, 0.29) is 53.4 Å². The Bertz CT molecular complexity index is 3080. The van der Waals surface area contributed by atoms with Crippen molar-refractivity contribution in [2.45, 2.75) is 117 Å². The summed E-state index contributed by atoms with van der Waals surface area (Å²) in [7, 11) is 1.65. The molecule has 5 aromatic rings. The summed E-state index contributed by atoms with van der Waals surface area (Å²) in [5.41, 5.74) is 4.75. The van der Waals surface area contributed by atoms with Gasteiger partial charge >= 0.3 is 24.2 Å². The molecule has 19 heteroatoms. The number of pyridine rings is 1. The lowest BCUT2D eigenvalue weighted by Gasteiger charge is -2.37. The normalized spacial score (nSPS) is 18.5. The van der Waals surface area contributed by atoms with E-state index in [0.29, 0.717) is 59.8 Å². The molecule has 0 spiro atoms. The number of unbranched alkanes of at least 4 members (excludes halogenated alkanes) is 1. The van der Waals surface area contributed by atoms with Gasteiger partial charge in [-0.2, -0.15) is 0 Å². The number of benzene rings is 3. The van der Waals surface area contributed by atoms with Crippen LogP contribution in [0.15, 0.2) is 71.0 Å². The zero-order valence-electron chi connectivity index (χ0n) is 43.4. The van der Waals surface area contributed by atoms with Gasteiger partial charge in [0, 0.05) is 81.4 Å². The molecule has 4 aliphatic rings. The first-order chi connectivity index (χ1) is 35.3. The van der Waals surface area contributed by atoms with Gasteiger partial charge in [-0.15, -0.1) is 5.10 Å². The quantitative estimate of drug-likeness (QED) is 0.0355. The van der Waals surface area contributed by atoms with Crippen LogP contribution in [-0.4, -0.2) is 119 Å². The van der Waals surface area contributed by atoms with Crippen molar-refractivity contribution in [2.24, 2.45) is 0 Å². The number of fused-ring (bicyclic) bond motifs is 5. The first kappa shape index (κ1) is 51.5. The summed E-state index contributed by atoms with van der Waals surface area (Å²) in [6.07, 6.45) is 0.762. The molecule has 0 saturated carbocycles. The molecular weight excluding hydrogens is 949 g/mol. The van der Waals surface area contributed by atoms with Crippen LogP contribution < -0.4 is 15.6 Å². The summed E-state index contributed by atoms with van der Waals surface area (Å²) in [5, 5.41) is 43.3. The number of rotatable bonds is 14. The van der Waals surface area contributed by atoms with Crippen molar-refractivity contribution in [3.05, 3.63) is 110 Å². The molecule has 9 rings (SSSR count). The number of hydrogen-bond acceptors (Lipinski definition) is 16. The minimum atomic E-state index is -1.82. The van der Waals surface area contributed by atoms with E-state index in [0.717, 1.165) is 73.6 Å². The lowest BCUT2D eigenvalue weighted by Crippen LogP contribution is -2.49. The first-order valence-electron chi connectivity index (χ1n) is 25.5. The second kappa shape index (κ2) is 20.5. The van der Waals surface area contributed by atoms with Gasteiger partial charge in [0.1, 0.15) is 29.5 Å². The number of nitrogens with zero attached hydrogens (tertiary/aromatic N) is 7. The number of aromatic nitrogens is 4. The van der Waals surface area contributed by atoms with Gasteiger partial charge in [-0.05, 0) is 124 Å². The van der Waals surface area contributed by atoms with E-state index in [1.165, 1.54) is 15.5 Å². The third kappa shape index (κ3) is 10.0. The molecule has 0 bridgehead atoms. The number of aromatic hydroxyl groups is 3. The maximum absolute atomic E-state index is 14.4. The zero-order valence-corrected chi connectivity index (χ0v) is 43.4. The van der Waals surface area contributed by atoms with Crippen LogP contribution in [0.3, 0.4) is 0 Å². The first-order valence-corrected chi connectivity index (χ1v) is 25.5. The van der Waals surface area contributed by atoms with Gasteiger partial charge in [0.15, 0.2) is 5.82 Å². The number of hydrogen-bond donors (Lipinski definition) is 4. The smallest absolute Gasteiger partial charge is 0.508 e. The van der Waals surface area contributed by atoms with E-state index in [1.54, 1.807) is 57.5 Å². The van der Waals surface area contributed by atoms with Crippen molar-refractivity contribution in [1.82, 2.24) is 34.0 Å². The van der Waals surface area contributed by atoms with Crippen LogP contribution >= 0.6 is 0 Å². The van der Waals surface area contributed by atoms with Crippen molar-refractivity contribution in [3.8, 4) is 40.3 Å². The fourth-order valence-corrected chi connectivity index (χ4v) is 10.5. The lowest BCUT2D eigenvalue weighted by molar-refractivity contribution is -0.173. The van der Waals surface area contributed by atoms with Crippen molar-refractivity contribution in [1.29, 1.82) is 0 Å². The van der Waals surface area contributed by atoms with Crippen LogP contribution in [0.4, 0.5) is 15.3 Å². The van der Waals surface area contributed by atoms with Gasteiger partial charge in [-0.1, -0.05) is 44.9 Å². The van der Waals surface area contributed by atoms with Crippen LogP contribution in [0.2, 0.25) is 0 Å². The van der Waals surface area contributed by atoms with Crippen molar-refractivity contribution in [3.63, 3.8) is 0 Å². The predicted molar refractivity (Wildman–Crippen MR) is 275 cm³/mol. The van der Waals surface area contributed by atoms with E-state index >= 15 is 0 Å². The number of carbonyl (C=O) groups is 3. The molecular formula is C55H66N8O11. The van der Waals surface area contributed by atoms with Crippen LogP contribution in [0.5, 0.6) is 23.3 Å². The minimum absolute atomic E-state index is 0.00895. The fraction of sp³-hybridized carbons (Fsp3) is 0.455. The number of ether oxygens (including phenoxy) is 4. The Labute approximate surface area is 429 Å². The van der Waals surface area contributed by atoms with E-state index in [2.05, 4.69) is 25.3 Å². The predicted octanol–water partition coefficient (Wildman–Crippen LogP) is 8.32. The van der Waals surface area contributed by atoms with Gasteiger partial charge in [0.05, 0.1) is 22.9 Å². The molecule has 3 aromatic carbocycles. The molecule has 2 unspecified atom stereocenters. The molecule has 19 nitrogen and oxygen atoms in total. The number of carbonyl (C=O) groups excluding carboxylic acids is 3. The Morgan fingerprint density at radius 1 is 0.919 bits per heavy atom. The highest BCUT2D eigenvalue weighted by atomic mass is 16.7. The average Bonchev–Trinajstić information content (AvgIpc) is 3.92. The third-order valence-electron chi connectivity index (χ3n) is 14.5. The van der Waals surface area contributed by atoms with Gasteiger partial charge < -0.3 is 54.0 Å². The number of anilines is 1. The van der Waals surface area contributed by atoms with E-state index < -0.39 is 35.5 Å². The van der Waals surface area contributed by atoms with Gasteiger partial charge in [0.25, 0.3) is 5.56 Å². The van der Waals surface area contributed by atoms with Crippen molar-refractivity contribution in [2.75, 3.05) is 51.6 Å². The molecule has 1 fully saturated rings. The molecule has 74 heavy (non-hydrogen) atoms. The summed E-state index contributed by atoms with van der Waals surface area (Å²) in [6.45, 7) is 18.5. The highest BCUT2D eigenvalue weighted by Gasteiger charge is 2.51. The number of phenols is 2. The fourth-order valence-electron chi connectivity index (χ4n) is 10.5. The number of allylic oxidation sites excluding steroid dienone is 1. The largest absolute Gasteiger partial charge is 0.514 e. The molecule has 1 amide bonds. The van der Waals surface area contributed by atoms with Gasteiger partial charge in [-0.3, -0.25) is 9.69 Å². The molecule has 2 atom stereocenters. The van der Waals surface area contributed by atoms with E-state index in [1.807, 2.05) is 57.2 Å². The minimum Gasteiger partial charge on any atom is -0.508 e. The van der Waals surface area contributed by atoms with Crippen LogP contribution in [0, 0.1) is 0 Å². The Morgan fingerprint density at radius 2 is 1.65 bits per heavy atom. The van der Waals surface area contributed by atoms with E-state index in [9.17, 15) is 34.5 Å². The molecule has 1 saturated heterocycles. The monoisotopic (exact) mass is 1010 g/mol. The SMILES string of the molecule is CCC1=C2Cn3c(cc4c(c3=O)COC(=O)C4(CC)OC(=O)N(C)CCCCN3CCN(Cc4ccc(-n5c(O)nnc5-c5cc(C(C)C)c(O)cc5O)cc4)CC3)C2Nc2ccc(OC(=O)OC(C)(C)C)cc21. The standard InChI is InChI=1S/C55H66N8O11/c1-9-36-38-25-35(72-53(70)74-54(5,6)7)17-18-43(38)56-47-40(36)30-62-44(47)27-42-41(49(62)66)31-71-50(67)55(42,10-2)73-52(69)59(8)19-11-12-20-60-21-23-61(24-22-60)29-33-13-15-34(16-14-33)63-48(57-58-51(63)68)39-26-37(32(3)4)45(64)28-46(39)65/h13-18,25-28,32,47,56,64-65H,9-12,19-24,29-31H2,1-8H3,(H,58,68). The topological polar surface area (TPSA) is 223 Å². The van der Waals surface area contributed by atoms with E-state index in [4.69, 9.17) is 18.9 Å². The Morgan fingerprint density at radius 3 is 2.34 bits per heavy atom. The lowest BCUT2D eigenvalue weighted by atomic mass is 9.84. The summed E-state index contributed by atoms with van der Waals surface area (Å²) in [4.78, 5) is 60.8. The Kier molecular flexibility index (Phi) is 14.3. The number of piperazine rings is 1. The maximum Gasteiger partial charge on any atom is 0.514 e. The van der Waals surface area contributed by atoms with Crippen molar-refractivity contribution < 1.29 is 48.7 Å². The van der Waals surface area contributed by atoms with Crippen LogP contribution in [-0.2, 0) is 44.3 Å². The average molecular weight is 1020 g/mol. The summed E-state index contributed by atoms with van der Waals surface area (Å²) in [5.74, 6) is -0.327. The third-order valence-corrected chi connectivity index (χ3v) is 14.5. The highest BCUT2D eigenvalue weighted by molar-refractivity contribution is 5.87. The molecule has 4 aliphatic heterocycles. The summed E-state index contributed by atoms with van der Waals surface area (Å²) >= 11 is 0. The van der Waals surface area contributed by atoms with Gasteiger partial charge in [-0.25, -0.2) is 19.0 Å². The summed E-state index contributed by atoms with van der Waals surface area (Å²) < 4.78 is 25.8. The second-order valence-electron chi connectivity index (χ2n) is 20.8. The molecule has 392 valence electrons. The number of nitrogens with one attached hydrogen (secondary N) is 1. The summed E-state index contributed by atoms with van der Waals surface area (Å²) in [6, 6.07) is 17.1. The number of phenolic OH excluding ortho intramolecular Hbond substituents is 2. The highest BCUT2D eigenvalue weighted by Crippen LogP contribution is 2.48. The Hall–Kier alpha value is -7.38. The molecule has 0 radical (unpaired) electrons. The Balaban J connectivity index is 0.785. The number of amides is 1. The van der Waals surface area contributed by atoms with Crippen molar-refractivity contribution >= 4 is 29.5 Å². The van der Waals surface area contributed by atoms with Crippen LogP contribution in [0.1, 0.15) is 120 Å². The second-order valence-corrected chi connectivity index (χ2v) is 20.8. The number of cyclic esters (lactones) is 1.